The van der Waals surface area contributed by atoms with Gasteiger partial charge in [0.15, 0.2) is 0 Å². The molecular formula is C9H9ClN2. The number of benzene rings is 1. The van der Waals surface area contributed by atoms with E-state index in [0.29, 0.717) is 5.02 Å². The Balaban J connectivity index is 2.89. The highest BCUT2D eigenvalue weighted by Crippen LogP contribution is 2.15. The Morgan fingerprint density at radius 3 is 2.67 bits per heavy atom. The first-order valence-corrected chi connectivity index (χ1v) is 3.84. The number of rotatable bonds is 2. The lowest BCUT2D eigenvalue weighted by Crippen LogP contribution is -2.03. The molecule has 1 aromatic rings. The van der Waals surface area contributed by atoms with E-state index in [1.165, 1.54) is 6.08 Å². The first kappa shape index (κ1) is 8.81. The maximum absolute atomic E-state index is 6.96. The predicted molar refractivity (Wildman–Crippen MR) is 52.4 cm³/mol. The average molecular weight is 181 g/mol. The molecule has 0 radical (unpaired) electrons. The summed E-state index contributed by atoms with van der Waals surface area (Å²) in [5.74, 6) is 0.0231. The second-order valence-corrected chi connectivity index (χ2v) is 2.72. The maximum Gasteiger partial charge on any atom is 0.115 e. The lowest BCUT2D eigenvalue weighted by molar-refractivity contribution is 1.47. The first-order chi connectivity index (χ1) is 5.70. The fraction of sp³-hybridized carbons (Fsp3) is 0. The van der Waals surface area contributed by atoms with Crippen molar-refractivity contribution >= 4 is 23.5 Å². The van der Waals surface area contributed by atoms with Crippen LogP contribution in [0.15, 0.2) is 30.3 Å². The molecule has 0 aliphatic rings. The van der Waals surface area contributed by atoms with Gasteiger partial charge >= 0.3 is 0 Å². The van der Waals surface area contributed by atoms with Crippen molar-refractivity contribution in [2.24, 2.45) is 5.73 Å². The van der Waals surface area contributed by atoms with Gasteiger partial charge < -0.3 is 5.73 Å². The summed E-state index contributed by atoms with van der Waals surface area (Å²) in [5.41, 5.74) is 6.01. The molecule has 3 N–H and O–H groups in total. The summed E-state index contributed by atoms with van der Waals surface area (Å²) in [6.45, 7) is 0. The van der Waals surface area contributed by atoms with Crippen LogP contribution in [-0.4, -0.2) is 5.84 Å². The molecule has 0 saturated carbocycles. The van der Waals surface area contributed by atoms with Crippen molar-refractivity contribution in [2.45, 2.75) is 0 Å². The molecule has 0 bridgehead atoms. The number of nitrogens with one attached hydrogen (secondary N) is 1. The first-order valence-electron chi connectivity index (χ1n) is 3.47. The maximum atomic E-state index is 6.96. The Kier molecular flexibility index (Phi) is 2.88. The second-order valence-electron chi connectivity index (χ2n) is 2.31. The molecule has 62 valence electrons. The van der Waals surface area contributed by atoms with Crippen LogP contribution < -0.4 is 5.73 Å². The highest BCUT2D eigenvalue weighted by atomic mass is 35.5. The zero-order valence-electron chi connectivity index (χ0n) is 6.42. The van der Waals surface area contributed by atoms with E-state index >= 15 is 0 Å². The Morgan fingerprint density at radius 2 is 2.08 bits per heavy atom. The Morgan fingerprint density at radius 1 is 1.42 bits per heavy atom. The van der Waals surface area contributed by atoms with Gasteiger partial charge in [-0.3, -0.25) is 5.41 Å². The Hall–Kier alpha value is -1.28. The molecule has 1 aromatic carbocycles. The third kappa shape index (κ3) is 2.40. The summed E-state index contributed by atoms with van der Waals surface area (Å²) < 4.78 is 0. The molecule has 0 aliphatic heterocycles. The van der Waals surface area contributed by atoms with Gasteiger partial charge in [-0.05, 0) is 23.8 Å². The average Bonchev–Trinajstić information content (AvgIpc) is 2.03. The molecule has 0 aromatic heterocycles. The molecular weight excluding hydrogens is 172 g/mol. The Labute approximate surface area is 76.2 Å². The van der Waals surface area contributed by atoms with Gasteiger partial charge in [0.2, 0.25) is 0 Å². The number of amidine groups is 1. The van der Waals surface area contributed by atoms with Gasteiger partial charge in [0.1, 0.15) is 5.84 Å². The van der Waals surface area contributed by atoms with Crippen molar-refractivity contribution in [3.63, 3.8) is 0 Å². The fourth-order valence-electron chi connectivity index (χ4n) is 0.790. The minimum Gasteiger partial charge on any atom is -0.384 e. The number of hydrogen-bond donors (Lipinski definition) is 2. The lowest BCUT2D eigenvalue weighted by Gasteiger charge is -1.95. The van der Waals surface area contributed by atoms with Crippen LogP contribution in [0.25, 0.3) is 6.08 Å². The van der Waals surface area contributed by atoms with Crippen molar-refractivity contribution in [1.29, 1.82) is 5.41 Å². The number of hydrogen-bond acceptors (Lipinski definition) is 1. The van der Waals surface area contributed by atoms with E-state index in [9.17, 15) is 0 Å². The van der Waals surface area contributed by atoms with Gasteiger partial charge in [-0.25, -0.2) is 0 Å². The quantitative estimate of drug-likeness (QED) is 0.533. The minimum atomic E-state index is 0.0231. The number of nitrogens with two attached hydrogens (primary N) is 1. The zero-order chi connectivity index (χ0) is 8.97. The van der Waals surface area contributed by atoms with Crippen molar-refractivity contribution < 1.29 is 0 Å². The van der Waals surface area contributed by atoms with Crippen LogP contribution in [-0.2, 0) is 0 Å². The third-order valence-corrected chi connectivity index (χ3v) is 1.69. The van der Waals surface area contributed by atoms with Crippen molar-refractivity contribution in [3.05, 3.63) is 40.9 Å². The zero-order valence-corrected chi connectivity index (χ0v) is 7.18. The molecule has 0 saturated heterocycles. The van der Waals surface area contributed by atoms with E-state index < -0.39 is 0 Å². The fourth-order valence-corrected chi connectivity index (χ4v) is 0.989. The molecule has 1 rings (SSSR count). The second kappa shape index (κ2) is 3.93. The van der Waals surface area contributed by atoms with Crippen molar-refractivity contribution in [1.82, 2.24) is 0 Å². The van der Waals surface area contributed by atoms with Crippen LogP contribution in [0.1, 0.15) is 5.56 Å². The smallest absolute Gasteiger partial charge is 0.115 e. The van der Waals surface area contributed by atoms with Gasteiger partial charge in [0.05, 0.1) is 0 Å². The molecule has 0 heterocycles. The van der Waals surface area contributed by atoms with E-state index in [1.807, 2.05) is 18.2 Å². The number of halogens is 1. The molecule has 3 heteroatoms. The van der Waals surface area contributed by atoms with Crippen LogP contribution in [0, 0.1) is 5.41 Å². The summed E-state index contributed by atoms with van der Waals surface area (Å²) in [6.07, 6.45) is 3.21. The molecule has 12 heavy (non-hydrogen) atoms. The highest BCUT2D eigenvalue weighted by Gasteiger charge is 1.92. The summed E-state index contributed by atoms with van der Waals surface area (Å²) in [5, 5.41) is 7.62. The van der Waals surface area contributed by atoms with Gasteiger partial charge in [0, 0.05) is 5.02 Å². The molecule has 0 fully saturated rings. The molecule has 0 amide bonds. The van der Waals surface area contributed by atoms with E-state index in [2.05, 4.69) is 0 Å². The van der Waals surface area contributed by atoms with Crippen LogP contribution in [0.4, 0.5) is 0 Å². The standard InChI is InChI=1S/C9H9ClN2/c10-8-4-2-1-3-7(8)5-6-9(11)12/h1-6H,(H3,11,12)/b6-5+. The van der Waals surface area contributed by atoms with Gasteiger partial charge in [0.25, 0.3) is 0 Å². The van der Waals surface area contributed by atoms with Gasteiger partial charge in [-0.15, -0.1) is 0 Å². The SMILES string of the molecule is N=C(N)/C=C/c1ccccc1Cl. The van der Waals surface area contributed by atoms with Gasteiger partial charge in [-0.1, -0.05) is 29.8 Å². The van der Waals surface area contributed by atoms with Gasteiger partial charge in [-0.2, -0.15) is 0 Å². The summed E-state index contributed by atoms with van der Waals surface area (Å²) in [7, 11) is 0. The van der Waals surface area contributed by atoms with Crippen molar-refractivity contribution in [3.8, 4) is 0 Å². The molecule has 0 unspecified atom stereocenters. The molecule has 2 nitrogen and oxygen atoms in total. The van der Waals surface area contributed by atoms with E-state index in [0.717, 1.165) is 5.56 Å². The highest BCUT2D eigenvalue weighted by molar-refractivity contribution is 6.32. The summed E-state index contributed by atoms with van der Waals surface area (Å²) >= 11 is 5.85. The lowest BCUT2D eigenvalue weighted by atomic mass is 10.2. The van der Waals surface area contributed by atoms with E-state index in [-0.39, 0.29) is 5.84 Å². The molecule has 0 aliphatic carbocycles. The monoisotopic (exact) mass is 180 g/mol. The minimum absolute atomic E-state index is 0.0231. The molecule has 0 spiro atoms. The topological polar surface area (TPSA) is 49.9 Å². The van der Waals surface area contributed by atoms with Crippen LogP contribution in [0.5, 0.6) is 0 Å². The van der Waals surface area contributed by atoms with Crippen LogP contribution in [0.3, 0.4) is 0 Å². The van der Waals surface area contributed by atoms with E-state index in [4.69, 9.17) is 22.7 Å². The molecule has 0 atom stereocenters. The van der Waals surface area contributed by atoms with E-state index in [1.54, 1.807) is 12.1 Å². The van der Waals surface area contributed by atoms with Crippen molar-refractivity contribution in [2.75, 3.05) is 0 Å². The largest absolute Gasteiger partial charge is 0.384 e. The predicted octanol–water partition coefficient (Wildman–Crippen LogP) is 2.29. The third-order valence-electron chi connectivity index (χ3n) is 1.35. The van der Waals surface area contributed by atoms with Crippen LogP contribution in [0.2, 0.25) is 5.02 Å². The van der Waals surface area contributed by atoms with Crippen LogP contribution >= 0.6 is 11.6 Å². The summed E-state index contributed by atoms with van der Waals surface area (Å²) in [6, 6.07) is 7.39. The summed E-state index contributed by atoms with van der Waals surface area (Å²) in [4.78, 5) is 0. The Bertz CT molecular complexity index is 318. The normalized spacial score (nSPS) is 10.4.